The van der Waals surface area contributed by atoms with Gasteiger partial charge >= 0.3 is 0 Å². The summed E-state index contributed by atoms with van der Waals surface area (Å²) in [6.45, 7) is 0. The zero-order chi connectivity index (χ0) is 33.5. The zero-order valence-electron chi connectivity index (χ0n) is 27.0. The number of thiophene rings is 2. The molecule has 4 aromatic heterocycles. The van der Waals surface area contributed by atoms with Crippen LogP contribution in [0, 0.1) is 0 Å². The molecule has 0 unspecified atom stereocenters. The van der Waals surface area contributed by atoms with Crippen molar-refractivity contribution < 1.29 is 4.42 Å². The Kier molecular flexibility index (Phi) is 6.26. The van der Waals surface area contributed by atoms with Crippen LogP contribution in [0.1, 0.15) is 0 Å². The molecule has 0 radical (unpaired) electrons. The number of fused-ring (bicyclic) bond motifs is 9. The highest BCUT2D eigenvalue weighted by atomic mass is 32.1. The second-order valence-corrected chi connectivity index (χ2v) is 14.9. The van der Waals surface area contributed by atoms with Crippen molar-refractivity contribution in [3.63, 3.8) is 0 Å². The lowest BCUT2D eigenvalue weighted by atomic mass is 10.00. The molecule has 0 spiro atoms. The van der Waals surface area contributed by atoms with Crippen LogP contribution in [0.25, 0.3) is 108 Å². The standard InChI is InChI=1S/C45H25N3OS2/c1-2-10-26(11-3-1)43-46-44(48-45(47-43)34-16-9-19-39-41(34)33-13-5-7-18-37(33)50-39)28-20-22-31-35-24-27(21-23-38(35)51-40(31)25-28)29-14-8-15-32-30-12-4-6-17-36(30)49-42(29)32/h1-25H. The number of nitrogens with zero attached hydrogens (tertiary/aromatic N) is 3. The van der Waals surface area contributed by atoms with Gasteiger partial charge in [0, 0.05) is 73.4 Å². The molecule has 4 nitrogen and oxygen atoms in total. The van der Waals surface area contributed by atoms with Crippen molar-refractivity contribution in [3.05, 3.63) is 152 Å². The van der Waals surface area contributed by atoms with E-state index in [9.17, 15) is 0 Å². The third kappa shape index (κ3) is 4.54. The van der Waals surface area contributed by atoms with Gasteiger partial charge in [0.05, 0.1) is 0 Å². The van der Waals surface area contributed by atoms with Gasteiger partial charge in [-0.05, 0) is 42.0 Å². The van der Waals surface area contributed by atoms with E-state index in [0.717, 1.165) is 49.8 Å². The minimum atomic E-state index is 0.659. The van der Waals surface area contributed by atoms with Crippen molar-refractivity contribution in [1.82, 2.24) is 15.0 Å². The molecule has 0 aliphatic heterocycles. The van der Waals surface area contributed by atoms with Crippen LogP contribution in [-0.4, -0.2) is 15.0 Å². The Morgan fingerprint density at radius 2 is 1.04 bits per heavy atom. The number of aromatic nitrogens is 3. The molecular weight excluding hydrogens is 663 g/mol. The van der Waals surface area contributed by atoms with E-state index in [-0.39, 0.29) is 0 Å². The van der Waals surface area contributed by atoms with E-state index in [2.05, 4.69) is 121 Å². The molecule has 0 saturated carbocycles. The van der Waals surface area contributed by atoms with E-state index in [1.807, 2.05) is 30.3 Å². The quantitative estimate of drug-likeness (QED) is 0.185. The predicted molar refractivity (Wildman–Crippen MR) is 215 cm³/mol. The molecule has 0 amide bonds. The third-order valence-electron chi connectivity index (χ3n) is 9.76. The van der Waals surface area contributed by atoms with Gasteiger partial charge in [-0.3, -0.25) is 0 Å². The first-order valence-electron chi connectivity index (χ1n) is 16.8. The summed E-state index contributed by atoms with van der Waals surface area (Å²) in [5, 5.41) is 7.12. The first kappa shape index (κ1) is 28.6. The lowest BCUT2D eigenvalue weighted by Gasteiger charge is -2.10. The fraction of sp³-hybridized carbons (Fsp3) is 0. The predicted octanol–water partition coefficient (Wildman–Crippen LogP) is 13.2. The molecule has 0 aliphatic carbocycles. The molecule has 238 valence electrons. The van der Waals surface area contributed by atoms with E-state index in [1.54, 1.807) is 22.7 Å². The minimum absolute atomic E-state index is 0.659. The van der Waals surface area contributed by atoms with Crippen LogP contribution in [0.15, 0.2) is 156 Å². The number of benzene rings is 7. The Bertz CT molecular complexity index is 3160. The molecular formula is C45H25N3OS2. The lowest BCUT2D eigenvalue weighted by Crippen LogP contribution is -2.00. The summed E-state index contributed by atoms with van der Waals surface area (Å²) in [4.78, 5) is 15.3. The molecule has 51 heavy (non-hydrogen) atoms. The highest BCUT2D eigenvalue weighted by Crippen LogP contribution is 2.42. The van der Waals surface area contributed by atoms with Crippen molar-refractivity contribution >= 4 is 85.0 Å². The van der Waals surface area contributed by atoms with E-state index < -0.39 is 0 Å². The van der Waals surface area contributed by atoms with Crippen LogP contribution >= 0.6 is 22.7 Å². The summed E-state index contributed by atoms with van der Waals surface area (Å²) in [5.74, 6) is 1.99. The first-order chi connectivity index (χ1) is 25.2. The molecule has 0 aliphatic rings. The molecule has 11 aromatic rings. The second-order valence-electron chi connectivity index (χ2n) is 12.8. The SMILES string of the molecule is c1ccc(-c2nc(-c3ccc4c(c3)sc3ccc(-c5cccc6c5oc5ccccc56)cc34)nc(-c3cccc4sc5ccccc5c34)n2)cc1. The van der Waals surface area contributed by atoms with Crippen LogP contribution in [-0.2, 0) is 0 Å². The average molecular weight is 688 g/mol. The minimum Gasteiger partial charge on any atom is -0.455 e. The fourth-order valence-corrected chi connectivity index (χ4v) is 9.62. The number of hydrogen-bond donors (Lipinski definition) is 0. The van der Waals surface area contributed by atoms with Gasteiger partial charge in [-0.25, -0.2) is 15.0 Å². The van der Waals surface area contributed by atoms with Gasteiger partial charge in [0.2, 0.25) is 0 Å². The van der Waals surface area contributed by atoms with E-state index in [1.165, 1.54) is 40.3 Å². The van der Waals surface area contributed by atoms with Crippen LogP contribution < -0.4 is 0 Å². The maximum Gasteiger partial charge on any atom is 0.164 e. The Hall–Kier alpha value is -6.21. The lowest BCUT2D eigenvalue weighted by molar-refractivity contribution is 0.670. The van der Waals surface area contributed by atoms with E-state index in [4.69, 9.17) is 19.4 Å². The Balaban J connectivity index is 1.07. The summed E-state index contributed by atoms with van der Waals surface area (Å²) in [5.41, 5.74) is 7.00. The van der Waals surface area contributed by atoms with Crippen LogP contribution in [0.3, 0.4) is 0 Å². The highest BCUT2D eigenvalue weighted by molar-refractivity contribution is 7.26. The van der Waals surface area contributed by atoms with Crippen LogP contribution in [0.5, 0.6) is 0 Å². The first-order valence-corrected chi connectivity index (χ1v) is 18.5. The normalized spacial score (nSPS) is 11.9. The third-order valence-corrected chi connectivity index (χ3v) is 12.0. The summed E-state index contributed by atoms with van der Waals surface area (Å²) in [7, 11) is 0. The van der Waals surface area contributed by atoms with Gasteiger partial charge in [0.25, 0.3) is 0 Å². The smallest absolute Gasteiger partial charge is 0.164 e. The molecule has 0 saturated heterocycles. The monoisotopic (exact) mass is 687 g/mol. The van der Waals surface area contributed by atoms with Gasteiger partial charge in [0.15, 0.2) is 17.5 Å². The topological polar surface area (TPSA) is 51.8 Å². The van der Waals surface area contributed by atoms with Crippen molar-refractivity contribution in [2.24, 2.45) is 0 Å². The zero-order valence-corrected chi connectivity index (χ0v) is 28.6. The average Bonchev–Trinajstić information content (AvgIpc) is 3.88. The molecule has 6 heteroatoms. The number of hydrogen-bond acceptors (Lipinski definition) is 6. The Morgan fingerprint density at radius 3 is 1.96 bits per heavy atom. The van der Waals surface area contributed by atoms with Crippen molar-refractivity contribution in [2.75, 3.05) is 0 Å². The Morgan fingerprint density at radius 1 is 0.373 bits per heavy atom. The van der Waals surface area contributed by atoms with Gasteiger partial charge in [0.1, 0.15) is 11.2 Å². The van der Waals surface area contributed by atoms with Crippen LogP contribution in [0.2, 0.25) is 0 Å². The van der Waals surface area contributed by atoms with Crippen LogP contribution in [0.4, 0.5) is 0 Å². The molecule has 4 heterocycles. The summed E-state index contributed by atoms with van der Waals surface area (Å²) >= 11 is 3.59. The molecule has 0 N–H and O–H groups in total. The number of furan rings is 1. The maximum atomic E-state index is 6.39. The van der Waals surface area contributed by atoms with Gasteiger partial charge in [-0.15, -0.1) is 22.7 Å². The van der Waals surface area contributed by atoms with E-state index in [0.29, 0.717) is 17.5 Å². The Labute approximate surface area is 299 Å². The van der Waals surface area contributed by atoms with Gasteiger partial charge in [-0.2, -0.15) is 0 Å². The van der Waals surface area contributed by atoms with E-state index >= 15 is 0 Å². The summed E-state index contributed by atoms with van der Waals surface area (Å²) in [6, 6.07) is 53.2. The van der Waals surface area contributed by atoms with Crippen molar-refractivity contribution in [1.29, 1.82) is 0 Å². The molecule has 11 rings (SSSR count). The summed E-state index contributed by atoms with van der Waals surface area (Å²) in [6.07, 6.45) is 0. The molecule has 7 aromatic carbocycles. The molecule has 0 bridgehead atoms. The molecule has 0 fully saturated rings. The van der Waals surface area contributed by atoms with Gasteiger partial charge < -0.3 is 4.42 Å². The maximum absolute atomic E-state index is 6.39. The summed E-state index contributed by atoms with van der Waals surface area (Å²) < 4.78 is 11.3. The second kappa shape index (κ2) is 11.2. The number of para-hydroxylation sites is 2. The van der Waals surface area contributed by atoms with Gasteiger partial charge in [-0.1, -0.05) is 115 Å². The van der Waals surface area contributed by atoms with Crippen molar-refractivity contribution in [2.45, 2.75) is 0 Å². The fourth-order valence-electron chi connectivity index (χ4n) is 7.36. The highest BCUT2D eigenvalue weighted by Gasteiger charge is 2.18. The van der Waals surface area contributed by atoms with Crippen molar-refractivity contribution in [3.8, 4) is 45.3 Å². The molecule has 0 atom stereocenters. The number of rotatable bonds is 4. The largest absolute Gasteiger partial charge is 0.455 e.